The summed E-state index contributed by atoms with van der Waals surface area (Å²) in [6, 6.07) is 10.3. The largest absolute Gasteiger partial charge is 0.724 e. The van der Waals surface area contributed by atoms with Gasteiger partial charge in [-0.25, -0.2) is 0 Å². The van der Waals surface area contributed by atoms with Crippen molar-refractivity contribution in [1.29, 1.82) is 0 Å². The highest BCUT2D eigenvalue weighted by Gasteiger charge is 2.16. The van der Waals surface area contributed by atoms with E-state index in [1.54, 1.807) is 0 Å². The highest BCUT2D eigenvalue weighted by atomic mass is 16.5. The molecule has 0 aliphatic heterocycles. The van der Waals surface area contributed by atoms with Crippen molar-refractivity contribution in [2.75, 3.05) is 6.61 Å². The molecule has 3 nitrogen and oxygen atoms in total. The van der Waals surface area contributed by atoms with E-state index in [1.165, 1.54) is 22.3 Å². The average Bonchev–Trinajstić information content (AvgIpc) is 3.03. The molecule has 3 rings (SSSR count). The van der Waals surface area contributed by atoms with E-state index in [4.69, 9.17) is 14.9 Å². The molecule has 0 aromatic heterocycles. The molecule has 2 bridgehead atoms. The number of hydrogen-bond acceptors (Lipinski definition) is 2. The first-order valence-electron chi connectivity index (χ1n) is 6.07. The maximum atomic E-state index is 8.24. The number of fused-ring (bicyclic) bond motifs is 2. The number of ether oxygens (including phenoxy) is 1. The number of rotatable bonds is 4. The summed E-state index contributed by atoms with van der Waals surface area (Å²) in [5.41, 5.74) is 5.45. The van der Waals surface area contributed by atoms with Crippen molar-refractivity contribution in [2.45, 2.75) is 13.0 Å². The molecule has 1 aromatic carbocycles. The van der Waals surface area contributed by atoms with E-state index >= 15 is 0 Å². The Hall–Kier alpha value is -2.22. The Kier molecular flexibility index (Phi) is 4.62. The molecule has 0 unspecified atom stereocenters. The number of nitrogens with zero attached hydrogens (tertiary/aromatic N) is 1. The summed E-state index contributed by atoms with van der Waals surface area (Å²) in [4.78, 5) is 8.24. The maximum absolute atomic E-state index is 8.24. The summed E-state index contributed by atoms with van der Waals surface area (Å²) in [7, 11) is 0. The van der Waals surface area contributed by atoms with Gasteiger partial charge >= 0.3 is 0 Å². The normalized spacial score (nSPS) is 14.8. The highest BCUT2D eigenvalue weighted by molar-refractivity contribution is 5.55. The molecule has 0 saturated heterocycles. The van der Waals surface area contributed by atoms with Gasteiger partial charge in [-0.2, -0.15) is 0 Å². The molecule has 0 atom stereocenters. The molecule has 0 amide bonds. The molecule has 0 fully saturated rings. The van der Waals surface area contributed by atoms with Gasteiger partial charge < -0.3 is 10.1 Å². The summed E-state index contributed by atoms with van der Waals surface area (Å²) in [5.74, 6) is 0. The van der Waals surface area contributed by atoms with Gasteiger partial charge in [-0.05, 0) is 34.8 Å². The lowest BCUT2D eigenvalue weighted by Crippen LogP contribution is -1.98. The standard InChI is InChI=1S/C15H14O.CNO/c1-2-4-12(5-3-1)10-16-11-15-9-13-6-7-14(15)8-13;2-1-3/h1-7,9H,8,10-11H2;/q;-1. The molecule has 1 aromatic rings. The molecule has 0 spiro atoms. The van der Waals surface area contributed by atoms with E-state index in [0.717, 1.165) is 13.0 Å². The molecular weight excluding hydrogens is 238 g/mol. The Bertz CT molecular complexity index is 562. The van der Waals surface area contributed by atoms with Crippen LogP contribution in [0.2, 0.25) is 0 Å². The second-order valence-corrected chi connectivity index (χ2v) is 4.35. The lowest BCUT2D eigenvalue weighted by atomic mass is 10.1. The summed E-state index contributed by atoms with van der Waals surface area (Å²) in [6.07, 6.45) is 8.26. The van der Waals surface area contributed by atoms with Crippen LogP contribution in [0.1, 0.15) is 12.0 Å². The zero-order valence-corrected chi connectivity index (χ0v) is 10.5. The molecule has 2 aliphatic rings. The van der Waals surface area contributed by atoms with Gasteiger partial charge in [0.15, 0.2) is 0 Å². The van der Waals surface area contributed by atoms with Crippen LogP contribution in [-0.2, 0) is 16.1 Å². The van der Waals surface area contributed by atoms with Crippen LogP contribution < -0.4 is 0 Å². The number of carbonyl (C=O) groups excluding carboxylic acids is 1. The van der Waals surface area contributed by atoms with Crippen LogP contribution in [-0.4, -0.2) is 12.7 Å². The molecule has 0 saturated carbocycles. The van der Waals surface area contributed by atoms with Crippen molar-refractivity contribution in [3.8, 4) is 0 Å². The fourth-order valence-corrected chi connectivity index (χ4v) is 2.17. The minimum Gasteiger partial charge on any atom is -0.724 e. The maximum Gasteiger partial charge on any atom is 0.0724 e. The van der Waals surface area contributed by atoms with Crippen molar-refractivity contribution >= 4 is 6.08 Å². The van der Waals surface area contributed by atoms with Gasteiger partial charge in [0.25, 0.3) is 0 Å². The molecule has 3 heteroatoms. The minimum absolute atomic E-state index is 0.500. The van der Waals surface area contributed by atoms with Crippen LogP contribution in [0.3, 0.4) is 0 Å². The van der Waals surface area contributed by atoms with Gasteiger partial charge in [-0.3, -0.25) is 4.79 Å². The zero-order valence-electron chi connectivity index (χ0n) is 10.5. The van der Waals surface area contributed by atoms with Crippen LogP contribution in [0.25, 0.3) is 5.41 Å². The van der Waals surface area contributed by atoms with Gasteiger partial charge in [0.1, 0.15) is 0 Å². The number of hydrogen-bond donors (Lipinski definition) is 0. The molecule has 0 radical (unpaired) electrons. The Labute approximate surface area is 112 Å². The molecule has 19 heavy (non-hydrogen) atoms. The van der Waals surface area contributed by atoms with Gasteiger partial charge in [0.2, 0.25) is 0 Å². The van der Waals surface area contributed by atoms with E-state index in [-0.39, 0.29) is 0 Å². The highest BCUT2D eigenvalue weighted by Crippen LogP contribution is 2.33. The zero-order chi connectivity index (χ0) is 13.5. The quantitative estimate of drug-likeness (QED) is 0.609. The molecule has 96 valence electrons. The molecular formula is C16H14NO2-. The average molecular weight is 252 g/mol. The van der Waals surface area contributed by atoms with Crippen LogP contribution in [0.15, 0.2) is 65.3 Å². The third-order valence-electron chi connectivity index (χ3n) is 3.03. The van der Waals surface area contributed by atoms with Crippen LogP contribution in [0, 0.1) is 0 Å². The fourth-order valence-electron chi connectivity index (χ4n) is 2.17. The van der Waals surface area contributed by atoms with E-state index in [2.05, 4.69) is 30.4 Å². The van der Waals surface area contributed by atoms with Crippen molar-refractivity contribution in [1.82, 2.24) is 0 Å². The lowest BCUT2D eigenvalue weighted by molar-refractivity contribution is 0.144. The lowest BCUT2D eigenvalue weighted by Gasteiger charge is -2.06. The summed E-state index contributed by atoms with van der Waals surface area (Å²) in [6.45, 7) is 1.43. The van der Waals surface area contributed by atoms with Crippen molar-refractivity contribution in [2.24, 2.45) is 0 Å². The minimum atomic E-state index is 0.500. The second kappa shape index (κ2) is 6.64. The topological polar surface area (TPSA) is 48.6 Å². The Morgan fingerprint density at radius 2 is 1.89 bits per heavy atom. The number of allylic oxidation sites excluding steroid dienone is 4. The number of isocyanates is 1. The van der Waals surface area contributed by atoms with Crippen molar-refractivity contribution in [3.63, 3.8) is 0 Å². The van der Waals surface area contributed by atoms with Crippen LogP contribution >= 0.6 is 0 Å². The first-order valence-corrected chi connectivity index (χ1v) is 6.07. The first kappa shape index (κ1) is 13.2. The summed E-state index contributed by atoms with van der Waals surface area (Å²) in [5, 5.41) is 6.76. The smallest absolute Gasteiger partial charge is 0.0724 e. The van der Waals surface area contributed by atoms with Gasteiger partial charge in [-0.1, -0.05) is 48.6 Å². The van der Waals surface area contributed by atoms with Gasteiger partial charge in [-0.15, -0.1) is 0 Å². The van der Waals surface area contributed by atoms with Crippen molar-refractivity contribution in [3.05, 3.63) is 76.3 Å². The van der Waals surface area contributed by atoms with E-state index in [0.29, 0.717) is 12.7 Å². The first-order chi connectivity index (χ1) is 9.33. The summed E-state index contributed by atoms with van der Waals surface area (Å²) < 4.78 is 5.72. The van der Waals surface area contributed by atoms with Crippen molar-refractivity contribution < 1.29 is 9.53 Å². The summed E-state index contributed by atoms with van der Waals surface area (Å²) >= 11 is 0. The van der Waals surface area contributed by atoms with E-state index in [1.807, 2.05) is 18.2 Å². The molecule has 0 heterocycles. The third-order valence-corrected chi connectivity index (χ3v) is 3.03. The third kappa shape index (κ3) is 3.62. The SMILES string of the molecule is C1=CC2=C(COCc3ccccc3)C=C1C2.[N-]=C=O. The Morgan fingerprint density at radius 3 is 2.47 bits per heavy atom. The van der Waals surface area contributed by atoms with E-state index < -0.39 is 0 Å². The van der Waals surface area contributed by atoms with E-state index in [9.17, 15) is 0 Å². The monoisotopic (exact) mass is 252 g/mol. The Balaban J connectivity index is 0.000000408. The molecule has 2 aliphatic carbocycles. The van der Waals surface area contributed by atoms with Crippen LogP contribution in [0.5, 0.6) is 0 Å². The fraction of sp³-hybridized carbons (Fsp3) is 0.188. The second-order valence-electron chi connectivity index (χ2n) is 4.35. The van der Waals surface area contributed by atoms with Gasteiger partial charge in [0.05, 0.1) is 13.2 Å². The number of benzene rings is 1. The predicted octanol–water partition coefficient (Wildman–Crippen LogP) is 3.29. The predicted molar refractivity (Wildman–Crippen MR) is 74.0 cm³/mol. The van der Waals surface area contributed by atoms with Gasteiger partial charge in [0, 0.05) is 0 Å². The Morgan fingerprint density at radius 1 is 1.16 bits per heavy atom. The van der Waals surface area contributed by atoms with Crippen LogP contribution in [0.4, 0.5) is 0 Å². The molecule has 0 N–H and O–H groups in total.